The second-order valence-electron chi connectivity index (χ2n) is 3.58. The van der Waals surface area contributed by atoms with Gasteiger partial charge in [-0.1, -0.05) is 11.8 Å². The molecule has 3 N–H and O–H groups in total. The second-order valence-corrected chi connectivity index (χ2v) is 4.75. The Labute approximate surface area is 113 Å². The summed E-state index contributed by atoms with van der Waals surface area (Å²) >= 11 is 1.51. The average Bonchev–Trinajstić information content (AvgIpc) is 3.08. The van der Waals surface area contributed by atoms with E-state index in [1.807, 2.05) is 12.1 Å². The SMILES string of the molecule is O=C(NCc1ccc(C#CCCO)s1)c1cn[nH]n1. The Bertz CT molecular complexity index is 595. The number of carbonyl (C=O) groups is 1. The van der Waals surface area contributed by atoms with Crippen LogP contribution in [0.5, 0.6) is 0 Å². The van der Waals surface area contributed by atoms with Gasteiger partial charge in [0.05, 0.1) is 24.2 Å². The minimum Gasteiger partial charge on any atom is -0.395 e. The summed E-state index contributed by atoms with van der Waals surface area (Å²) in [5, 5.41) is 21.0. The molecule has 0 aliphatic rings. The Kier molecular flexibility index (Phi) is 4.66. The van der Waals surface area contributed by atoms with E-state index < -0.39 is 0 Å². The van der Waals surface area contributed by atoms with Crippen molar-refractivity contribution in [3.05, 3.63) is 33.8 Å². The largest absolute Gasteiger partial charge is 0.395 e. The minimum atomic E-state index is -0.268. The third-order valence-corrected chi connectivity index (χ3v) is 3.18. The normalized spacial score (nSPS) is 9.74. The number of nitrogens with zero attached hydrogens (tertiary/aromatic N) is 2. The van der Waals surface area contributed by atoms with Crippen LogP contribution < -0.4 is 5.32 Å². The molecule has 2 aromatic rings. The van der Waals surface area contributed by atoms with Gasteiger partial charge in [-0.05, 0) is 12.1 Å². The van der Waals surface area contributed by atoms with E-state index in [4.69, 9.17) is 5.11 Å². The molecule has 6 nitrogen and oxygen atoms in total. The molecular formula is C12H12N4O2S. The van der Waals surface area contributed by atoms with Crippen LogP contribution in [0, 0.1) is 11.8 Å². The summed E-state index contributed by atoms with van der Waals surface area (Å²) in [5.74, 6) is 5.53. The van der Waals surface area contributed by atoms with Crippen molar-refractivity contribution < 1.29 is 9.90 Å². The Balaban J connectivity index is 1.87. The first kappa shape index (κ1) is 13.3. The summed E-state index contributed by atoms with van der Waals surface area (Å²) in [4.78, 5) is 13.5. The van der Waals surface area contributed by atoms with Gasteiger partial charge in [0.1, 0.15) is 0 Å². The molecule has 7 heteroatoms. The maximum absolute atomic E-state index is 11.6. The van der Waals surface area contributed by atoms with E-state index in [0.29, 0.717) is 13.0 Å². The number of carbonyl (C=O) groups excluding carboxylic acids is 1. The highest BCUT2D eigenvalue weighted by Crippen LogP contribution is 2.15. The van der Waals surface area contributed by atoms with Gasteiger partial charge < -0.3 is 10.4 Å². The number of rotatable bonds is 4. The van der Waals surface area contributed by atoms with E-state index >= 15 is 0 Å². The van der Waals surface area contributed by atoms with Crippen LogP contribution in [0.4, 0.5) is 0 Å². The molecule has 2 aromatic heterocycles. The molecule has 0 radical (unpaired) electrons. The lowest BCUT2D eigenvalue weighted by Gasteiger charge is -1.99. The van der Waals surface area contributed by atoms with Gasteiger partial charge in [-0.2, -0.15) is 15.4 Å². The van der Waals surface area contributed by atoms with E-state index in [9.17, 15) is 4.79 Å². The third kappa shape index (κ3) is 3.91. The molecule has 1 amide bonds. The van der Waals surface area contributed by atoms with Gasteiger partial charge in [-0.15, -0.1) is 11.3 Å². The lowest BCUT2D eigenvalue weighted by Crippen LogP contribution is -2.22. The molecule has 0 fully saturated rings. The molecule has 0 saturated carbocycles. The van der Waals surface area contributed by atoms with Crippen LogP contribution in [0.25, 0.3) is 0 Å². The first-order chi connectivity index (χ1) is 9.29. The third-order valence-electron chi connectivity index (χ3n) is 2.18. The number of H-pyrrole nitrogens is 1. The van der Waals surface area contributed by atoms with Gasteiger partial charge >= 0.3 is 0 Å². The van der Waals surface area contributed by atoms with Crippen molar-refractivity contribution in [2.45, 2.75) is 13.0 Å². The zero-order valence-electron chi connectivity index (χ0n) is 10.0. The fourth-order valence-corrected chi connectivity index (χ4v) is 2.14. The molecule has 0 spiro atoms. The highest BCUT2D eigenvalue weighted by atomic mass is 32.1. The first-order valence-electron chi connectivity index (χ1n) is 5.62. The Morgan fingerprint density at radius 1 is 1.53 bits per heavy atom. The molecule has 2 heterocycles. The van der Waals surface area contributed by atoms with Gasteiger partial charge in [0.25, 0.3) is 5.91 Å². The molecule has 0 aliphatic carbocycles. The quantitative estimate of drug-likeness (QED) is 0.710. The molecule has 0 atom stereocenters. The number of hydrogen-bond donors (Lipinski definition) is 3. The first-order valence-corrected chi connectivity index (χ1v) is 6.43. The van der Waals surface area contributed by atoms with Gasteiger partial charge in [0.2, 0.25) is 0 Å². The van der Waals surface area contributed by atoms with Crippen LogP contribution in [0.1, 0.15) is 26.7 Å². The Morgan fingerprint density at radius 3 is 3.16 bits per heavy atom. The molecular weight excluding hydrogens is 264 g/mol. The summed E-state index contributed by atoms with van der Waals surface area (Å²) in [6.07, 6.45) is 1.84. The lowest BCUT2D eigenvalue weighted by atomic mass is 10.4. The van der Waals surface area contributed by atoms with Crippen molar-refractivity contribution >= 4 is 17.2 Å². The maximum atomic E-state index is 11.6. The van der Waals surface area contributed by atoms with E-state index in [0.717, 1.165) is 9.75 Å². The number of nitrogens with one attached hydrogen (secondary N) is 2. The fraction of sp³-hybridized carbons (Fsp3) is 0.250. The van der Waals surface area contributed by atoms with Crippen molar-refractivity contribution in [1.82, 2.24) is 20.7 Å². The van der Waals surface area contributed by atoms with Crippen LogP contribution in [0.15, 0.2) is 18.3 Å². The highest BCUT2D eigenvalue weighted by Gasteiger charge is 2.08. The summed E-state index contributed by atoms with van der Waals surface area (Å²) in [6, 6.07) is 3.81. The topological polar surface area (TPSA) is 90.9 Å². The monoisotopic (exact) mass is 276 g/mol. The fourth-order valence-electron chi connectivity index (χ4n) is 1.31. The molecule has 0 bridgehead atoms. The van der Waals surface area contributed by atoms with Crippen molar-refractivity contribution in [3.63, 3.8) is 0 Å². The van der Waals surface area contributed by atoms with Crippen molar-refractivity contribution in [2.24, 2.45) is 0 Å². The van der Waals surface area contributed by atoms with E-state index in [2.05, 4.69) is 32.6 Å². The Hall–Kier alpha value is -2.17. The van der Waals surface area contributed by atoms with E-state index in [1.165, 1.54) is 17.5 Å². The molecule has 98 valence electrons. The van der Waals surface area contributed by atoms with E-state index in [1.54, 1.807) is 0 Å². The van der Waals surface area contributed by atoms with Crippen molar-refractivity contribution in [3.8, 4) is 11.8 Å². The summed E-state index contributed by atoms with van der Waals surface area (Å²) < 4.78 is 0. The second kappa shape index (κ2) is 6.68. The van der Waals surface area contributed by atoms with Crippen molar-refractivity contribution in [2.75, 3.05) is 6.61 Å². The average molecular weight is 276 g/mol. The number of aromatic nitrogens is 3. The number of hydrogen-bond acceptors (Lipinski definition) is 5. The van der Waals surface area contributed by atoms with Gasteiger partial charge in [0.15, 0.2) is 5.69 Å². The molecule has 0 aromatic carbocycles. The summed E-state index contributed by atoms with van der Waals surface area (Å²) in [5.41, 5.74) is 0.263. The lowest BCUT2D eigenvalue weighted by molar-refractivity contribution is 0.0946. The number of aromatic amines is 1. The van der Waals surface area contributed by atoms with Crippen molar-refractivity contribution in [1.29, 1.82) is 0 Å². The number of amides is 1. The highest BCUT2D eigenvalue weighted by molar-refractivity contribution is 7.12. The smallest absolute Gasteiger partial charge is 0.273 e. The zero-order valence-corrected chi connectivity index (χ0v) is 10.8. The van der Waals surface area contributed by atoms with Crippen LogP contribution >= 0.6 is 11.3 Å². The zero-order chi connectivity index (χ0) is 13.5. The van der Waals surface area contributed by atoms with Crippen LogP contribution in [0.3, 0.4) is 0 Å². The Morgan fingerprint density at radius 2 is 2.42 bits per heavy atom. The molecule has 0 unspecified atom stereocenters. The molecule has 19 heavy (non-hydrogen) atoms. The maximum Gasteiger partial charge on any atom is 0.273 e. The van der Waals surface area contributed by atoms with Crippen LogP contribution in [-0.4, -0.2) is 33.0 Å². The van der Waals surface area contributed by atoms with Gasteiger partial charge in [-0.25, -0.2) is 0 Å². The molecule has 0 saturated heterocycles. The summed E-state index contributed by atoms with van der Waals surface area (Å²) in [6.45, 7) is 0.497. The molecule has 0 aliphatic heterocycles. The number of aliphatic hydroxyl groups is 1. The number of aliphatic hydroxyl groups excluding tert-OH is 1. The van der Waals surface area contributed by atoms with Gasteiger partial charge in [0, 0.05) is 11.3 Å². The van der Waals surface area contributed by atoms with E-state index in [-0.39, 0.29) is 18.2 Å². The van der Waals surface area contributed by atoms with Crippen LogP contribution in [0.2, 0.25) is 0 Å². The standard InChI is InChI=1S/C12H12N4O2S/c17-6-2-1-3-9-4-5-10(19-9)7-13-12(18)11-8-14-16-15-11/h4-5,8,17H,2,6-7H2,(H,13,18)(H,14,15,16). The predicted octanol–water partition coefficient (Wildman–Crippen LogP) is 0.530. The van der Waals surface area contributed by atoms with Gasteiger partial charge in [-0.3, -0.25) is 4.79 Å². The summed E-state index contributed by atoms with van der Waals surface area (Å²) in [7, 11) is 0. The van der Waals surface area contributed by atoms with Crippen LogP contribution in [-0.2, 0) is 6.54 Å². The number of thiophene rings is 1. The molecule has 2 rings (SSSR count). The minimum absolute atomic E-state index is 0.0684. The predicted molar refractivity (Wildman–Crippen MR) is 70.5 cm³/mol.